The number of aromatic nitrogens is 2. The van der Waals surface area contributed by atoms with Crippen molar-refractivity contribution < 1.29 is 4.74 Å². The van der Waals surface area contributed by atoms with Gasteiger partial charge in [-0.05, 0) is 63.5 Å². The molecule has 114 valence electrons. The maximum atomic E-state index is 5.16. The van der Waals surface area contributed by atoms with E-state index in [0.29, 0.717) is 0 Å². The Bertz CT molecular complexity index is 829. The Morgan fingerprint density at radius 2 is 1.70 bits per heavy atom. The van der Waals surface area contributed by atoms with Gasteiger partial charge in [0, 0.05) is 6.20 Å². The average Bonchev–Trinajstić information content (AvgIpc) is 2.61. The molecule has 0 aliphatic heterocycles. The molecule has 1 aromatic carbocycles. The number of rotatable bonds is 4. The molecule has 0 fully saturated rings. The van der Waals surface area contributed by atoms with Crippen molar-refractivity contribution in [2.45, 2.75) is 0 Å². The van der Waals surface area contributed by atoms with Gasteiger partial charge in [-0.25, -0.2) is 4.98 Å². The summed E-state index contributed by atoms with van der Waals surface area (Å²) in [7, 11) is 1.67. The van der Waals surface area contributed by atoms with Gasteiger partial charge in [-0.2, -0.15) is 0 Å². The smallest absolute Gasteiger partial charge is 0.118 e. The lowest BCUT2D eigenvalue weighted by Crippen LogP contribution is -1.88. The molecule has 0 radical (unpaired) electrons. The fourth-order valence-corrected chi connectivity index (χ4v) is 2.49. The van der Waals surface area contributed by atoms with Gasteiger partial charge in [0.1, 0.15) is 10.4 Å². The van der Waals surface area contributed by atoms with E-state index in [9.17, 15) is 0 Å². The fraction of sp³-hybridized carbons (Fsp3) is 0.0526. The van der Waals surface area contributed by atoms with Gasteiger partial charge < -0.3 is 4.74 Å². The van der Waals surface area contributed by atoms with Crippen LogP contribution in [0.5, 0.6) is 5.75 Å². The first kappa shape index (κ1) is 15.4. The zero-order valence-corrected chi connectivity index (χ0v) is 14.2. The molecule has 2 heterocycles. The lowest BCUT2D eigenvalue weighted by Gasteiger charge is -2.02. The first-order valence-electron chi connectivity index (χ1n) is 7.16. The van der Waals surface area contributed by atoms with E-state index in [-0.39, 0.29) is 0 Å². The summed E-state index contributed by atoms with van der Waals surface area (Å²) in [4.78, 5) is 8.83. The first-order chi connectivity index (χ1) is 11.2. The van der Waals surface area contributed by atoms with E-state index in [1.54, 1.807) is 13.3 Å². The van der Waals surface area contributed by atoms with Crippen molar-refractivity contribution in [3.05, 3.63) is 76.5 Å². The molecule has 0 N–H and O–H groups in total. The molecule has 0 saturated carbocycles. The minimum Gasteiger partial charge on any atom is -0.497 e. The Balaban J connectivity index is 1.83. The molecule has 0 bridgehead atoms. The number of hydrogen-bond acceptors (Lipinski definition) is 3. The van der Waals surface area contributed by atoms with E-state index in [0.717, 1.165) is 32.9 Å². The molecule has 0 amide bonds. The highest BCUT2D eigenvalue weighted by Gasteiger charge is 2.02. The Labute approximate surface area is 143 Å². The third kappa shape index (κ3) is 4.05. The summed E-state index contributed by atoms with van der Waals surface area (Å²) in [5.74, 6) is 0.856. The largest absolute Gasteiger partial charge is 0.497 e. The third-order valence-corrected chi connectivity index (χ3v) is 3.79. The molecule has 0 aliphatic carbocycles. The first-order valence-corrected chi connectivity index (χ1v) is 7.95. The number of hydrogen-bond donors (Lipinski definition) is 0. The van der Waals surface area contributed by atoms with Gasteiger partial charge >= 0.3 is 0 Å². The summed E-state index contributed by atoms with van der Waals surface area (Å²) in [5, 5.41) is 0. The highest BCUT2D eigenvalue weighted by molar-refractivity contribution is 9.10. The van der Waals surface area contributed by atoms with E-state index < -0.39 is 0 Å². The van der Waals surface area contributed by atoms with Crippen molar-refractivity contribution in [1.82, 2.24) is 9.97 Å². The van der Waals surface area contributed by atoms with E-state index in [4.69, 9.17) is 4.74 Å². The highest BCUT2D eigenvalue weighted by atomic mass is 79.9. The van der Waals surface area contributed by atoms with E-state index in [1.807, 2.05) is 54.6 Å². The predicted octanol–water partition coefficient (Wildman–Crippen LogP) is 5.09. The third-order valence-electron chi connectivity index (χ3n) is 3.35. The molecule has 23 heavy (non-hydrogen) atoms. The van der Waals surface area contributed by atoms with Crippen LogP contribution in [-0.4, -0.2) is 17.1 Å². The van der Waals surface area contributed by atoms with E-state index in [1.165, 1.54) is 0 Å². The predicted molar refractivity (Wildman–Crippen MR) is 97.1 cm³/mol. The van der Waals surface area contributed by atoms with Crippen molar-refractivity contribution in [1.29, 1.82) is 0 Å². The van der Waals surface area contributed by atoms with Crippen LogP contribution in [0.15, 0.2) is 65.4 Å². The van der Waals surface area contributed by atoms with Gasteiger partial charge in [-0.15, -0.1) is 0 Å². The summed E-state index contributed by atoms with van der Waals surface area (Å²) in [6, 6.07) is 17.7. The van der Waals surface area contributed by atoms with Crippen LogP contribution in [0.1, 0.15) is 11.1 Å². The van der Waals surface area contributed by atoms with Crippen molar-refractivity contribution in [3.8, 4) is 17.1 Å². The minimum atomic E-state index is 0.802. The number of methoxy groups -OCH3 is 1. The average molecular weight is 367 g/mol. The van der Waals surface area contributed by atoms with Crippen molar-refractivity contribution >= 4 is 28.1 Å². The lowest BCUT2D eigenvalue weighted by atomic mass is 10.1. The zero-order chi connectivity index (χ0) is 16.1. The SMILES string of the molecule is COc1ccc(/C=C/c2ccnc(-c3cccc(Br)n3)c2)cc1. The van der Waals surface area contributed by atoms with Crippen LogP contribution in [-0.2, 0) is 0 Å². The van der Waals surface area contributed by atoms with Gasteiger partial charge in [0.15, 0.2) is 0 Å². The van der Waals surface area contributed by atoms with Gasteiger partial charge in [0.25, 0.3) is 0 Å². The molecule has 0 spiro atoms. The van der Waals surface area contributed by atoms with Gasteiger partial charge in [-0.3, -0.25) is 4.98 Å². The molecule has 2 aromatic heterocycles. The molecule has 0 saturated heterocycles. The number of halogens is 1. The van der Waals surface area contributed by atoms with Gasteiger partial charge in [0.2, 0.25) is 0 Å². The summed E-state index contributed by atoms with van der Waals surface area (Å²) in [6.07, 6.45) is 5.92. The van der Waals surface area contributed by atoms with Crippen molar-refractivity contribution in [2.75, 3.05) is 7.11 Å². The Morgan fingerprint density at radius 1 is 0.913 bits per heavy atom. The molecular weight excluding hydrogens is 352 g/mol. The van der Waals surface area contributed by atoms with Crippen LogP contribution in [0.25, 0.3) is 23.5 Å². The second-order valence-electron chi connectivity index (χ2n) is 4.93. The molecule has 0 atom stereocenters. The van der Waals surface area contributed by atoms with Crippen LogP contribution < -0.4 is 4.74 Å². The molecule has 4 heteroatoms. The Kier molecular flexibility index (Phi) is 4.83. The maximum absolute atomic E-state index is 5.16. The minimum absolute atomic E-state index is 0.802. The molecule has 3 rings (SSSR count). The van der Waals surface area contributed by atoms with Crippen LogP contribution in [0.4, 0.5) is 0 Å². The maximum Gasteiger partial charge on any atom is 0.118 e. The molecular formula is C19H15BrN2O. The monoisotopic (exact) mass is 366 g/mol. The number of nitrogens with zero attached hydrogens (tertiary/aromatic N) is 2. The quantitative estimate of drug-likeness (QED) is 0.603. The zero-order valence-electron chi connectivity index (χ0n) is 12.6. The van der Waals surface area contributed by atoms with E-state index >= 15 is 0 Å². The summed E-state index contributed by atoms with van der Waals surface area (Å²) < 4.78 is 5.97. The van der Waals surface area contributed by atoms with Gasteiger partial charge in [-0.1, -0.05) is 30.4 Å². The number of pyridine rings is 2. The Hall–Kier alpha value is -2.46. The van der Waals surface area contributed by atoms with Crippen molar-refractivity contribution in [2.24, 2.45) is 0 Å². The normalized spacial score (nSPS) is 10.9. The standard InChI is InChI=1S/C19H15BrN2O/c1-23-16-9-7-14(8-10-16)5-6-15-11-12-21-18(13-15)17-3-2-4-19(20)22-17/h2-13H,1H3/b6-5+. The van der Waals surface area contributed by atoms with E-state index in [2.05, 4.69) is 38.0 Å². The number of ether oxygens (including phenoxy) is 1. The lowest BCUT2D eigenvalue weighted by molar-refractivity contribution is 0.415. The van der Waals surface area contributed by atoms with Crippen LogP contribution in [0, 0.1) is 0 Å². The highest BCUT2D eigenvalue weighted by Crippen LogP contribution is 2.19. The second-order valence-corrected chi connectivity index (χ2v) is 5.74. The molecule has 3 aromatic rings. The summed E-state index contributed by atoms with van der Waals surface area (Å²) in [5.41, 5.74) is 3.89. The fourth-order valence-electron chi connectivity index (χ4n) is 2.15. The number of benzene rings is 1. The van der Waals surface area contributed by atoms with Crippen LogP contribution >= 0.6 is 15.9 Å². The summed E-state index contributed by atoms with van der Waals surface area (Å²) in [6.45, 7) is 0. The molecule has 0 aliphatic rings. The summed E-state index contributed by atoms with van der Waals surface area (Å²) >= 11 is 3.39. The van der Waals surface area contributed by atoms with Crippen LogP contribution in [0.2, 0.25) is 0 Å². The molecule has 3 nitrogen and oxygen atoms in total. The Morgan fingerprint density at radius 3 is 2.43 bits per heavy atom. The second kappa shape index (κ2) is 7.20. The molecule has 0 unspecified atom stereocenters. The van der Waals surface area contributed by atoms with Crippen LogP contribution in [0.3, 0.4) is 0 Å². The topological polar surface area (TPSA) is 35.0 Å². The van der Waals surface area contributed by atoms with Crippen molar-refractivity contribution in [3.63, 3.8) is 0 Å². The van der Waals surface area contributed by atoms with Gasteiger partial charge in [0.05, 0.1) is 18.5 Å².